The summed E-state index contributed by atoms with van der Waals surface area (Å²) >= 11 is 6.30. The topological polar surface area (TPSA) is 70.7 Å². The van der Waals surface area contributed by atoms with Gasteiger partial charge in [0.25, 0.3) is 5.56 Å². The molecule has 5 nitrogen and oxygen atoms in total. The van der Waals surface area contributed by atoms with Crippen LogP contribution in [0, 0.1) is 6.92 Å². The third-order valence-corrected chi connectivity index (χ3v) is 4.42. The molecule has 26 heavy (non-hydrogen) atoms. The number of rotatable bonds is 3. The van der Waals surface area contributed by atoms with Crippen molar-refractivity contribution in [3.05, 3.63) is 81.7 Å². The van der Waals surface area contributed by atoms with Gasteiger partial charge in [0.2, 0.25) is 5.95 Å². The van der Waals surface area contributed by atoms with Gasteiger partial charge in [-0.05, 0) is 31.2 Å². The second-order valence-electron chi connectivity index (χ2n) is 5.94. The van der Waals surface area contributed by atoms with E-state index < -0.39 is 0 Å². The monoisotopic (exact) mass is 362 g/mol. The van der Waals surface area contributed by atoms with Crippen molar-refractivity contribution in [2.45, 2.75) is 6.92 Å². The lowest BCUT2D eigenvalue weighted by molar-refractivity contribution is 1.14. The van der Waals surface area contributed by atoms with Gasteiger partial charge in [-0.1, -0.05) is 47.5 Å². The minimum atomic E-state index is -0.271. The molecule has 0 spiro atoms. The third kappa shape index (κ3) is 3.05. The molecular formula is C20H15ClN4O. The van der Waals surface area contributed by atoms with Gasteiger partial charge in [-0.3, -0.25) is 9.78 Å². The summed E-state index contributed by atoms with van der Waals surface area (Å²) < 4.78 is 0. The fraction of sp³-hybridized carbons (Fsp3) is 0.0500. The molecule has 0 radical (unpaired) electrons. The van der Waals surface area contributed by atoms with Crippen LogP contribution in [0.4, 0.5) is 11.6 Å². The molecule has 0 fully saturated rings. The quantitative estimate of drug-likeness (QED) is 0.554. The average Bonchev–Trinajstić information content (AvgIpc) is 2.63. The van der Waals surface area contributed by atoms with Crippen LogP contribution < -0.4 is 10.9 Å². The fourth-order valence-corrected chi connectivity index (χ4v) is 3.04. The smallest absolute Gasteiger partial charge is 0.262 e. The van der Waals surface area contributed by atoms with Crippen LogP contribution in [0.15, 0.2) is 65.6 Å². The zero-order valence-corrected chi connectivity index (χ0v) is 14.7. The van der Waals surface area contributed by atoms with Crippen LogP contribution in [0.5, 0.6) is 0 Å². The highest BCUT2D eigenvalue weighted by Crippen LogP contribution is 2.30. The first-order valence-corrected chi connectivity index (χ1v) is 8.47. The summed E-state index contributed by atoms with van der Waals surface area (Å²) in [7, 11) is 0. The number of nitrogens with zero attached hydrogens (tertiary/aromatic N) is 2. The summed E-state index contributed by atoms with van der Waals surface area (Å²) in [5.41, 5.74) is 3.56. The van der Waals surface area contributed by atoms with Gasteiger partial charge in [-0.15, -0.1) is 0 Å². The van der Waals surface area contributed by atoms with Crippen LogP contribution in [0.3, 0.4) is 0 Å². The Morgan fingerprint density at radius 1 is 1.00 bits per heavy atom. The van der Waals surface area contributed by atoms with Crippen LogP contribution in [0.2, 0.25) is 5.02 Å². The highest BCUT2D eigenvalue weighted by Gasteiger charge is 2.13. The molecule has 0 saturated carbocycles. The first-order chi connectivity index (χ1) is 12.6. The van der Waals surface area contributed by atoms with Gasteiger partial charge in [0, 0.05) is 28.0 Å². The molecule has 0 unspecified atom stereocenters. The van der Waals surface area contributed by atoms with E-state index in [4.69, 9.17) is 11.6 Å². The van der Waals surface area contributed by atoms with E-state index in [2.05, 4.69) is 20.3 Å². The molecule has 0 saturated heterocycles. The summed E-state index contributed by atoms with van der Waals surface area (Å²) in [5.74, 6) is 0.343. The van der Waals surface area contributed by atoms with E-state index in [0.29, 0.717) is 27.6 Å². The highest BCUT2D eigenvalue weighted by molar-refractivity contribution is 6.33. The maximum Gasteiger partial charge on any atom is 0.262 e. The van der Waals surface area contributed by atoms with E-state index in [1.165, 1.54) is 0 Å². The Bertz CT molecular complexity index is 1150. The van der Waals surface area contributed by atoms with Gasteiger partial charge >= 0.3 is 0 Å². The SMILES string of the molecule is Cc1ccc(Nc2nc3nccc(-c4ccccc4Cl)c3c(=O)[nH]2)cc1. The lowest BCUT2D eigenvalue weighted by Gasteiger charge is -2.09. The molecule has 128 valence electrons. The van der Waals surface area contributed by atoms with Crippen LogP contribution in [-0.4, -0.2) is 15.0 Å². The lowest BCUT2D eigenvalue weighted by atomic mass is 10.0. The average molecular weight is 363 g/mol. The van der Waals surface area contributed by atoms with Gasteiger partial charge in [0.05, 0.1) is 5.39 Å². The molecule has 4 aromatic rings. The zero-order valence-electron chi connectivity index (χ0n) is 14.0. The number of pyridine rings is 1. The predicted octanol–water partition coefficient (Wildman–Crippen LogP) is 4.69. The molecule has 0 aliphatic rings. The van der Waals surface area contributed by atoms with Gasteiger partial charge < -0.3 is 5.32 Å². The van der Waals surface area contributed by atoms with E-state index in [1.807, 2.05) is 49.4 Å². The predicted molar refractivity (Wildman–Crippen MR) is 105 cm³/mol. The number of benzene rings is 2. The van der Waals surface area contributed by atoms with Crippen molar-refractivity contribution in [1.82, 2.24) is 15.0 Å². The number of aryl methyl sites for hydroxylation is 1. The number of hydrogen-bond acceptors (Lipinski definition) is 4. The number of hydrogen-bond donors (Lipinski definition) is 2. The normalized spacial score (nSPS) is 10.8. The maximum atomic E-state index is 12.7. The molecule has 0 atom stereocenters. The minimum Gasteiger partial charge on any atom is -0.326 e. The van der Waals surface area contributed by atoms with Gasteiger partial charge in [-0.25, -0.2) is 4.98 Å². The number of aromatic amines is 1. The van der Waals surface area contributed by atoms with E-state index in [9.17, 15) is 4.79 Å². The van der Waals surface area contributed by atoms with Crippen LogP contribution in [-0.2, 0) is 0 Å². The molecule has 2 aromatic carbocycles. The van der Waals surface area contributed by atoms with Crippen molar-refractivity contribution in [3.8, 4) is 11.1 Å². The Morgan fingerprint density at radius 2 is 1.77 bits per heavy atom. The van der Waals surface area contributed by atoms with Crippen molar-refractivity contribution < 1.29 is 0 Å². The van der Waals surface area contributed by atoms with E-state index in [1.54, 1.807) is 18.3 Å². The standard InChI is InChI=1S/C20H15ClN4O/c1-12-6-8-13(9-7-12)23-20-24-18-17(19(26)25-20)15(10-11-22-18)14-4-2-3-5-16(14)21/h2-11H,1H3,(H2,22,23,24,25,26). The minimum absolute atomic E-state index is 0.271. The maximum absolute atomic E-state index is 12.7. The number of anilines is 2. The van der Waals surface area contributed by atoms with Crippen LogP contribution >= 0.6 is 11.6 Å². The molecule has 2 heterocycles. The van der Waals surface area contributed by atoms with Gasteiger partial charge in [-0.2, -0.15) is 4.98 Å². The summed E-state index contributed by atoms with van der Waals surface area (Å²) in [4.78, 5) is 24.2. The van der Waals surface area contributed by atoms with Crippen molar-refractivity contribution >= 4 is 34.3 Å². The van der Waals surface area contributed by atoms with Crippen molar-refractivity contribution in [2.24, 2.45) is 0 Å². The summed E-state index contributed by atoms with van der Waals surface area (Å²) in [6.45, 7) is 2.01. The first-order valence-electron chi connectivity index (χ1n) is 8.09. The van der Waals surface area contributed by atoms with Gasteiger partial charge in [0.15, 0.2) is 5.65 Å². The van der Waals surface area contributed by atoms with E-state index in [-0.39, 0.29) is 5.56 Å². The molecule has 6 heteroatoms. The molecule has 2 aromatic heterocycles. The van der Waals surface area contributed by atoms with Gasteiger partial charge in [0.1, 0.15) is 0 Å². The summed E-state index contributed by atoms with van der Waals surface area (Å²) in [6.07, 6.45) is 1.63. The number of H-pyrrole nitrogens is 1. The second-order valence-corrected chi connectivity index (χ2v) is 6.35. The third-order valence-electron chi connectivity index (χ3n) is 4.09. The largest absolute Gasteiger partial charge is 0.326 e. The Hall–Kier alpha value is -3.18. The number of halogens is 1. The number of aromatic nitrogens is 3. The number of nitrogens with one attached hydrogen (secondary N) is 2. The van der Waals surface area contributed by atoms with Crippen molar-refractivity contribution in [2.75, 3.05) is 5.32 Å². The molecule has 2 N–H and O–H groups in total. The number of fused-ring (bicyclic) bond motifs is 1. The Kier molecular flexibility index (Phi) is 4.14. The molecular weight excluding hydrogens is 348 g/mol. The molecule has 0 aliphatic carbocycles. The fourth-order valence-electron chi connectivity index (χ4n) is 2.80. The van der Waals surface area contributed by atoms with Crippen molar-refractivity contribution in [1.29, 1.82) is 0 Å². The molecule has 0 bridgehead atoms. The first kappa shape index (κ1) is 16.3. The Morgan fingerprint density at radius 3 is 2.54 bits per heavy atom. The van der Waals surface area contributed by atoms with Crippen molar-refractivity contribution in [3.63, 3.8) is 0 Å². The summed E-state index contributed by atoms with van der Waals surface area (Å²) in [6, 6.07) is 17.0. The lowest BCUT2D eigenvalue weighted by Crippen LogP contribution is -2.13. The highest BCUT2D eigenvalue weighted by atomic mass is 35.5. The Labute approximate surface area is 154 Å². The summed E-state index contributed by atoms with van der Waals surface area (Å²) in [5, 5.41) is 4.08. The van der Waals surface area contributed by atoms with Crippen LogP contribution in [0.1, 0.15) is 5.56 Å². The molecule has 4 rings (SSSR count). The van der Waals surface area contributed by atoms with Crippen LogP contribution in [0.25, 0.3) is 22.2 Å². The zero-order chi connectivity index (χ0) is 18.1. The van der Waals surface area contributed by atoms with E-state index in [0.717, 1.165) is 16.8 Å². The molecule has 0 aliphatic heterocycles. The Balaban J connectivity index is 1.83. The van der Waals surface area contributed by atoms with E-state index >= 15 is 0 Å². The second kappa shape index (κ2) is 6.61. The molecule has 0 amide bonds.